The summed E-state index contributed by atoms with van der Waals surface area (Å²) in [5.41, 5.74) is 0.217. The van der Waals surface area contributed by atoms with Gasteiger partial charge >= 0.3 is 0 Å². The van der Waals surface area contributed by atoms with Crippen LogP contribution in [-0.2, 0) is 14.8 Å². The molecule has 1 heterocycles. The lowest BCUT2D eigenvalue weighted by molar-refractivity contribution is -0.0514. The van der Waals surface area contributed by atoms with E-state index in [1.807, 2.05) is 45.1 Å². The molecule has 2 aliphatic rings. The standard InChI is InChI=1S/C16H21NO3S/c1-12-8-10-13(11-9-12)21(18,19)17-14-6-4-5-7-15(14)20-16(17,2)3/h4,6,8-11,14-15H,5,7H2,1-3H3/t14-,15+/m1/s1. The molecular formula is C16H21NO3S. The number of fused-ring (bicyclic) bond motifs is 1. The fourth-order valence-corrected chi connectivity index (χ4v) is 5.06. The zero-order valence-corrected chi connectivity index (χ0v) is 13.4. The molecule has 2 atom stereocenters. The van der Waals surface area contributed by atoms with E-state index in [0.29, 0.717) is 4.90 Å². The van der Waals surface area contributed by atoms with E-state index in [9.17, 15) is 8.42 Å². The first-order valence-electron chi connectivity index (χ1n) is 7.28. The number of rotatable bonds is 2. The fraction of sp³-hybridized carbons (Fsp3) is 0.500. The van der Waals surface area contributed by atoms with Crippen LogP contribution in [0, 0.1) is 6.92 Å². The highest BCUT2D eigenvalue weighted by Crippen LogP contribution is 2.40. The summed E-state index contributed by atoms with van der Waals surface area (Å²) in [5.74, 6) is 0. The van der Waals surface area contributed by atoms with Crippen LogP contribution in [0.4, 0.5) is 0 Å². The smallest absolute Gasteiger partial charge is 0.246 e. The first kappa shape index (κ1) is 14.8. The number of sulfonamides is 1. The van der Waals surface area contributed by atoms with Gasteiger partial charge in [0, 0.05) is 0 Å². The molecular weight excluding hydrogens is 286 g/mol. The van der Waals surface area contributed by atoms with Crippen molar-refractivity contribution in [1.82, 2.24) is 4.31 Å². The molecule has 1 fully saturated rings. The van der Waals surface area contributed by atoms with Crippen molar-refractivity contribution in [2.45, 2.75) is 56.4 Å². The summed E-state index contributed by atoms with van der Waals surface area (Å²) in [6.45, 7) is 5.59. The molecule has 5 heteroatoms. The van der Waals surface area contributed by atoms with Crippen LogP contribution in [0.5, 0.6) is 0 Å². The third-order valence-electron chi connectivity index (χ3n) is 4.15. The summed E-state index contributed by atoms with van der Waals surface area (Å²) < 4.78 is 33.6. The topological polar surface area (TPSA) is 46.6 Å². The van der Waals surface area contributed by atoms with Crippen LogP contribution in [0.25, 0.3) is 0 Å². The minimum atomic E-state index is -3.58. The van der Waals surface area contributed by atoms with Crippen molar-refractivity contribution >= 4 is 10.0 Å². The molecule has 0 unspecified atom stereocenters. The van der Waals surface area contributed by atoms with Crippen LogP contribution < -0.4 is 0 Å². The van der Waals surface area contributed by atoms with Crippen LogP contribution >= 0.6 is 0 Å². The van der Waals surface area contributed by atoms with Crippen molar-refractivity contribution in [3.05, 3.63) is 42.0 Å². The highest BCUT2D eigenvalue weighted by atomic mass is 32.2. The molecule has 0 aromatic heterocycles. The van der Waals surface area contributed by atoms with E-state index in [0.717, 1.165) is 18.4 Å². The van der Waals surface area contributed by atoms with E-state index < -0.39 is 15.7 Å². The van der Waals surface area contributed by atoms with E-state index >= 15 is 0 Å². The van der Waals surface area contributed by atoms with Gasteiger partial charge in [0.1, 0.15) is 5.72 Å². The second-order valence-electron chi connectivity index (χ2n) is 6.21. The van der Waals surface area contributed by atoms with Gasteiger partial charge in [0.2, 0.25) is 10.0 Å². The molecule has 3 rings (SSSR count). The molecule has 0 bridgehead atoms. The van der Waals surface area contributed by atoms with Crippen molar-refractivity contribution in [3.63, 3.8) is 0 Å². The lowest BCUT2D eigenvalue weighted by atomic mass is 10.0. The van der Waals surface area contributed by atoms with Crippen LogP contribution in [0.3, 0.4) is 0 Å². The van der Waals surface area contributed by atoms with Crippen molar-refractivity contribution in [1.29, 1.82) is 0 Å². The van der Waals surface area contributed by atoms with Gasteiger partial charge in [-0.05, 0) is 45.7 Å². The molecule has 0 radical (unpaired) electrons. The zero-order valence-electron chi connectivity index (χ0n) is 12.6. The van der Waals surface area contributed by atoms with Crippen LogP contribution in [0.1, 0.15) is 32.3 Å². The second kappa shape index (κ2) is 4.93. The fourth-order valence-electron chi connectivity index (χ4n) is 3.20. The van der Waals surface area contributed by atoms with Crippen LogP contribution in [-0.4, -0.2) is 30.6 Å². The third-order valence-corrected chi connectivity index (χ3v) is 6.22. The summed E-state index contributed by atoms with van der Waals surface area (Å²) in [6, 6.07) is 6.78. The molecule has 1 saturated heterocycles. The lowest BCUT2D eigenvalue weighted by Crippen LogP contribution is -2.47. The van der Waals surface area contributed by atoms with E-state index in [1.165, 1.54) is 4.31 Å². The number of nitrogens with zero attached hydrogens (tertiary/aromatic N) is 1. The molecule has 21 heavy (non-hydrogen) atoms. The lowest BCUT2D eigenvalue weighted by Gasteiger charge is -2.31. The summed E-state index contributed by atoms with van der Waals surface area (Å²) in [4.78, 5) is 0.324. The number of benzene rings is 1. The van der Waals surface area contributed by atoms with Crippen molar-refractivity contribution < 1.29 is 13.2 Å². The van der Waals surface area contributed by atoms with E-state index in [4.69, 9.17) is 4.74 Å². The number of aryl methyl sites for hydroxylation is 1. The number of hydrogen-bond acceptors (Lipinski definition) is 3. The van der Waals surface area contributed by atoms with Crippen molar-refractivity contribution in [2.24, 2.45) is 0 Å². The average molecular weight is 307 g/mol. The Hall–Kier alpha value is -1.17. The van der Waals surface area contributed by atoms with Gasteiger partial charge in [-0.1, -0.05) is 29.8 Å². The Bertz CT molecular complexity index is 661. The molecule has 1 aromatic carbocycles. The van der Waals surface area contributed by atoms with Gasteiger partial charge in [0.25, 0.3) is 0 Å². The molecule has 0 spiro atoms. The van der Waals surface area contributed by atoms with E-state index in [1.54, 1.807) is 12.1 Å². The van der Waals surface area contributed by atoms with Gasteiger partial charge in [-0.15, -0.1) is 0 Å². The molecule has 1 aromatic rings. The molecule has 114 valence electrons. The Kier molecular flexibility index (Phi) is 3.47. The maximum Gasteiger partial charge on any atom is 0.246 e. The Morgan fingerprint density at radius 3 is 2.57 bits per heavy atom. The Morgan fingerprint density at radius 2 is 1.90 bits per heavy atom. The van der Waals surface area contributed by atoms with Crippen LogP contribution in [0.2, 0.25) is 0 Å². The average Bonchev–Trinajstić information content (AvgIpc) is 2.69. The first-order valence-corrected chi connectivity index (χ1v) is 8.72. The Labute approximate surface area is 126 Å². The molecule has 0 N–H and O–H groups in total. The maximum atomic E-state index is 13.0. The molecule has 4 nitrogen and oxygen atoms in total. The number of hydrogen-bond donors (Lipinski definition) is 0. The predicted molar refractivity (Wildman–Crippen MR) is 81.3 cm³/mol. The normalized spacial score (nSPS) is 28.5. The highest BCUT2D eigenvalue weighted by Gasteiger charge is 2.52. The molecule has 0 saturated carbocycles. The Morgan fingerprint density at radius 1 is 1.24 bits per heavy atom. The minimum absolute atomic E-state index is 0.0507. The Balaban J connectivity index is 2.06. The van der Waals surface area contributed by atoms with Crippen LogP contribution in [0.15, 0.2) is 41.3 Å². The quantitative estimate of drug-likeness (QED) is 0.789. The van der Waals surface area contributed by atoms with E-state index in [-0.39, 0.29) is 12.1 Å². The predicted octanol–water partition coefficient (Wildman–Crippen LogP) is 2.84. The van der Waals surface area contributed by atoms with Gasteiger partial charge < -0.3 is 4.74 Å². The van der Waals surface area contributed by atoms with Gasteiger partial charge in [-0.3, -0.25) is 0 Å². The van der Waals surface area contributed by atoms with Gasteiger partial charge in [0.05, 0.1) is 17.0 Å². The SMILES string of the molecule is Cc1ccc(S(=O)(=O)N2[C@@H]3C=CCC[C@@H]3OC2(C)C)cc1. The second-order valence-corrected chi connectivity index (χ2v) is 8.03. The van der Waals surface area contributed by atoms with Crippen molar-refractivity contribution in [3.8, 4) is 0 Å². The van der Waals surface area contributed by atoms with Gasteiger partial charge in [0.15, 0.2) is 0 Å². The zero-order chi connectivity index (χ0) is 15.3. The van der Waals surface area contributed by atoms with E-state index in [2.05, 4.69) is 0 Å². The number of allylic oxidation sites excluding steroid dienone is 1. The maximum absolute atomic E-state index is 13.0. The molecule has 1 aliphatic heterocycles. The summed E-state index contributed by atoms with van der Waals surface area (Å²) in [7, 11) is -3.58. The highest BCUT2D eigenvalue weighted by molar-refractivity contribution is 7.89. The first-order chi connectivity index (χ1) is 9.82. The largest absolute Gasteiger partial charge is 0.355 e. The number of ether oxygens (including phenoxy) is 1. The summed E-state index contributed by atoms with van der Waals surface area (Å²) in [6.07, 6.45) is 5.77. The summed E-state index contributed by atoms with van der Waals surface area (Å²) in [5, 5.41) is 0. The monoisotopic (exact) mass is 307 g/mol. The minimum Gasteiger partial charge on any atom is -0.355 e. The molecule has 0 amide bonds. The summed E-state index contributed by atoms with van der Waals surface area (Å²) >= 11 is 0. The third kappa shape index (κ3) is 2.43. The van der Waals surface area contributed by atoms with Crippen molar-refractivity contribution in [2.75, 3.05) is 0 Å². The van der Waals surface area contributed by atoms with Gasteiger partial charge in [-0.2, -0.15) is 4.31 Å². The molecule has 1 aliphatic carbocycles. The van der Waals surface area contributed by atoms with Gasteiger partial charge in [-0.25, -0.2) is 8.42 Å².